The van der Waals surface area contributed by atoms with Gasteiger partial charge in [-0.2, -0.15) is 5.11 Å². The van der Waals surface area contributed by atoms with E-state index in [0.717, 1.165) is 6.07 Å². The summed E-state index contributed by atoms with van der Waals surface area (Å²) < 4.78 is 0. The van der Waals surface area contributed by atoms with Crippen molar-refractivity contribution in [1.29, 1.82) is 5.53 Å². The number of carboxylic acid groups (broad SMARTS) is 1. The summed E-state index contributed by atoms with van der Waals surface area (Å²) in [5.41, 5.74) is 6.55. The number of nitrogens with one attached hydrogen (secondary N) is 1. The molecule has 0 aliphatic carbocycles. The van der Waals surface area contributed by atoms with Crippen LogP contribution in [0.25, 0.3) is 0 Å². The van der Waals surface area contributed by atoms with Gasteiger partial charge < -0.3 is 10.2 Å². The molecule has 0 atom stereocenters. The lowest BCUT2D eigenvalue weighted by molar-refractivity contribution is 0.0694. The molecule has 3 N–H and O–H groups in total. The Bertz CT molecular complexity index is 335. The van der Waals surface area contributed by atoms with Gasteiger partial charge in [0.1, 0.15) is 11.3 Å². The zero-order valence-corrected chi connectivity index (χ0v) is 5.98. The number of benzene rings is 1. The molecule has 1 rings (SSSR count). The highest BCUT2D eigenvalue weighted by molar-refractivity contribution is 5.91. The van der Waals surface area contributed by atoms with Gasteiger partial charge in [0.05, 0.1) is 5.69 Å². The first-order valence-corrected chi connectivity index (χ1v) is 3.09. The van der Waals surface area contributed by atoms with Crippen LogP contribution in [0.15, 0.2) is 23.3 Å². The molecule has 0 radical (unpaired) electrons. The normalized spacial score (nSPS) is 9.33. The van der Waals surface area contributed by atoms with E-state index in [1.165, 1.54) is 12.1 Å². The highest BCUT2D eigenvalue weighted by Crippen LogP contribution is 2.22. The molecule has 0 saturated heterocycles. The maximum absolute atomic E-state index is 10.4. The summed E-state index contributed by atoms with van der Waals surface area (Å²) in [5, 5.41) is 20.6. The highest BCUT2D eigenvalue weighted by Gasteiger charge is 2.09. The Morgan fingerprint density at radius 3 is 2.67 bits per heavy atom. The van der Waals surface area contributed by atoms with Crippen molar-refractivity contribution in [2.75, 3.05) is 0 Å². The summed E-state index contributed by atoms with van der Waals surface area (Å²) in [7, 11) is 0. The van der Waals surface area contributed by atoms with Crippen molar-refractivity contribution in [3.63, 3.8) is 0 Å². The van der Waals surface area contributed by atoms with Crippen LogP contribution in [-0.4, -0.2) is 16.2 Å². The number of rotatable bonds is 2. The predicted molar refractivity (Wildman–Crippen MR) is 39.9 cm³/mol. The van der Waals surface area contributed by atoms with Crippen molar-refractivity contribution >= 4 is 11.7 Å². The third-order valence-corrected chi connectivity index (χ3v) is 1.34. The molecule has 0 amide bonds. The first kappa shape index (κ1) is 8.19. The second-order valence-electron chi connectivity index (χ2n) is 2.12. The van der Waals surface area contributed by atoms with E-state index in [1.807, 2.05) is 0 Å². The van der Waals surface area contributed by atoms with Crippen molar-refractivity contribution in [2.24, 2.45) is 5.11 Å². The molecule has 0 heterocycles. The Morgan fingerprint density at radius 1 is 1.50 bits per heavy atom. The number of phenols is 1. The minimum atomic E-state index is -1.24. The highest BCUT2D eigenvalue weighted by atomic mass is 16.4. The fraction of sp³-hybridized carbons (Fsp3) is 0. The van der Waals surface area contributed by atoms with Crippen LogP contribution in [0.5, 0.6) is 5.75 Å². The van der Waals surface area contributed by atoms with Gasteiger partial charge in [0.15, 0.2) is 0 Å². The van der Waals surface area contributed by atoms with E-state index >= 15 is 0 Å². The van der Waals surface area contributed by atoms with Crippen molar-refractivity contribution in [3.05, 3.63) is 23.8 Å². The van der Waals surface area contributed by atoms with Crippen LogP contribution in [0, 0.1) is 5.53 Å². The summed E-state index contributed by atoms with van der Waals surface area (Å²) in [6.07, 6.45) is 0. The monoisotopic (exact) mass is 166 g/mol. The Labute approximate surface area is 67.8 Å². The third kappa shape index (κ3) is 1.39. The number of aromatic carboxylic acids is 1. The Morgan fingerprint density at radius 2 is 2.17 bits per heavy atom. The van der Waals surface area contributed by atoms with Crippen molar-refractivity contribution in [1.82, 2.24) is 0 Å². The predicted octanol–water partition coefficient (Wildman–Crippen LogP) is 1.75. The van der Waals surface area contributed by atoms with Gasteiger partial charge in [-0.15, -0.1) is 0 Å². The topological polar surface area (TPSA) is 93.7 Å². The maximum atomic E-state index is 10.4. The molecule has 0 unspecified atom stereocenters. The summed E-state index contributed by atoms with van der Waals surface area (Å²) in [5.74, 6) is -1.56. The average molecular weight is 166 g/mol. The lowest BCUT2D eigenvalue weighted by atomic mass is 10.2. The van der Waals surface area contributed by atoms with Gasteiger partial charge in [-0.25, -0.2) is 10.3 Å². The number of nitrogens with zero attached hydrogens (tertiary/aromatic N) is 1. The molecule has 0 aliphatic heterocycles. The molecule has 0 aromatic heterocycles. The molecule has 0 fully saturated rings. The zero-order valence-electron chi connectivity index (χ0n) is 5.98. The van der Waals surface area contributed by atoms with Crippen molar-refractivity contribution < 1.29 is 15.0 Å². The third-order valence-electron chi connectivity index (χ3n) is 1.34. The lowest BCUT2D eigenvalue weighted by Crippen LogP contribution is -1.95. The van der Waals surface area contributed by atoms with Crippen LogP contribution < -0.4 is 0 Å². The minimum absolute atomic E-state index is 0.199. The molecule has 1 aromatic rings. The van der Waals surface area contributed by atoms with Gasteiger partial charge in [0, 0.05) is 0 Å². The molecule has 5 nitrogen and oxygen atoms in total. The van der Waals surface area contributed by atoms with Gasteiger partial charge >= 0.3 is 5.97 Å². The number of hydrogen-bond donors (Lipinski definition) is 3. The van der Waals surface area contributed by atoms with E-state index in [9.17, 15) is 4.79 Å². The van der Waals surface area contributed by atoms with E-state index in [0.29, 0.717) is 0 Å². The van der Waals surface area contributed by atoms with Crippen LogP contribution in [-0.2, 0) is 0 Å². The standard InChI is InChI=1S/C7H6N2O3/c8-9-4-1-2-6(10)5(3-4)7(11)12/h1-3,8,10H,(H,11,12). The Balaban J connectivity index is 3.25. The fourth-order valence-corrected chi connectivity index (χ4v) is 0.765. The van der Waals surface area contributed by atoms with Crippen LogP contribution in [0.2, 0.25) is 0 Å². The first-order valence-electron chi connectivity index (χ1n) is 3.09. The molecule has 62 valence electrons. The molecule has 1 aromatic carbocycles. The molecular weight excluding hydrogens is 160 g/mol. The van der Waals surface area contributed by atoms with E-state index in [4.69, 9.17) is 15.7 Å². The van der Waals surface area contributed by atoms with E-state index in [2.05, 4.69) is 5.11 Å². The SMILES string of the molecule is N=Nc1ccc(O)c(C(=O)O)c1. The summed E-state index contributed by atoms with van der Waals surface area (Å²) in [6, 6.07) is 3.68. The average Bonchev–Trinajstić information content (AvgIpc) is 2.05. The molecule has 12 heavy (non-hydrogen) atoms. The van der Waals surface area contributed by atoms with Gasteiger partial charge in [0.2, 0.25) is 0 Å². The number of carboxylic acids is 1. The fourth-order valence-electron chi connectivity index (χ4n) is 0.765. The smallest absolute Gasteiger partial charge is 0.339 e. The second-order valence-corrected chi connectivity index (χ2v) is 2.12. The molecule has 0 spiro atoms. The Kier molecular flexibility index (Phi) is 2.05. The van der Waals surface area contributed by atoms with Crippen molar-refractivity contribution in [2.45, 2.75) is 0 Å². The molecule has 0 aliphatic rings. The quantitative estimate of drug-likeness (QED) is 0.584. The first-order chi connectivity index (χ1) is 5.65. The van der Waals surface area contributed by atoms with Crippen LogP contribution >= 0.6 is 0 Å². The van der Waals surface area contributed by atoms with E-state index < -0.39 is 5.97 Å². The number of hydrogen-bond acceptors (Lipinski definition) is 4. The maximum Gasteiger partial charge on any atom is 0.339 e. The van der Waals surface area contributed by atoms with Crippen molar-refractivity contribution in [3.8, 4) is 5.75 Å². The minimum Gasteiger partial charge on any atom is -0.507 e. The van der Waals surface area contributed by atoms with Crippen LogP contribution in [0.3, 0.4) is 0 Å². The van der Waals surface area contributed by atoms with Gasteiger partial charge in [-0.1, -0.05) is 0 Å². The molecule has 0 saturated carbocycles. The largest absolute Gasteiger partial charge is 0.507 e. The van der Waals surface area contributed by atoms with Crippen LogP contribution in [0.1, 0.15) is 10.4 Å². The van der Waals surface area contributed by atoms with Gasteiger partial charge in [0.25, 0.3) is 0 Å². The Hall–Kier alpha value is -1.91. The number of carbonyl (C=O) groups is 1. The van der Waals surface area contributed by atoms with Gasteiger partial charge in [-0.05, 0) is 18.2 Å². The number of aromatic hydroxyl groups is 1. The summed E-state index contributed by atoms with van der Waals surface area (Å²) in [6.45, 7) is 0. The van der Waals surface area contributed by atoms with E-state index in [-0.39, 0.29) is 17.0 Å². The lowest BCUT2D eigenvalue weighted by Gasteiger charge is -1.98. The van der Waals surface area contributed by atoms with Crippen LogP contribution in [0.4, 0.5) is 5.69 Å². The zero-order chi connectivity index (χ0) is 9.14. The van der Waals surface area contributed by atoms with Gasteiger partial charge in [-0.3, -0.25) is 0 Å². The molecular formula is C7H6N2O3. The molecule has 0 bridgehead atoms. The second kappa shape index (κ2) is 3.00. The molecule has 5 heteroatoms. The van der Waals surface area contributed by atoms with E-state index in [1.54, 1.807) is 0 Å². The summed E-state index contributed by atoms with van der Waals surface area (Å²) in [4.78, 5) is 10.4. The summed E-state index contributed by atoms with van der Waals surface area (Å²) >= 11 is 0.